The second kappa shape index (κ2) is 5.82. The molecule has 1 unspecified atom stereocenters. The summed E-state index contributed by atoms with van der Waals surface area (Å²) in [6, 6.07) is 8.26. The quantitative estimate of drug-likeness (QED) is 0.748. The van der Waals surface area contributed by atoms with Crippen LogP contribution in [0.1, 0.15) is 18.2 Å². The van der Waals surface area contributed by atoms with Crippen LogP contribution in [0.3, 0.4) is 0 Å². The molecule has 0 radical (unpaired) electrons. The lowest BCUT2D eigenvalue weighted by Gasteiger charge is -2.15. The molecule has 1 aliphatic rings. The predicted molar refractivity (Wildman–Crippen MR) is 84.4 cm³/mol. The van der Waals surface area contributed by atoms with Crippen molar-refractivity contribution in [2.24, 2.45) is 0 Å². The smallest absolute Gasteiger partial charge is 0.154 e. The van der Waals surface area contributed by atoms with Gasteiger partial charge >= 0.3 is 0 Å². The molecule has 1 saturated heterocycles. The summed E-state index contributed by atoms with van der Waals surface area (Å²) in [4.78, 5) is 8.62. The van der Waals surface area contributed by atoms with Crippen molar-refractivity contribution in [1.29, 1.82) is 0 Å². The van der Waals surface area contributed by atoms with E-state index < -0.39 is 0 Å². The number of hydrogen-bond acceptors (Lipinski definition) is 5. The molecule has 112 valence electrons. The van der Waals surface area contributed by atoms with Crippen LogP contribution in [-0.2, 0) is 0 Å². The molecule has 2 N–H and O–H groups in total. The molecule has 4 rings (SSSR count). The summed E-state index contributed by atoms with van der Waals surface area (Å²) in [7, 11) is 0. The molecule has 0 amide bonds. The Kier molecular flexibility index (Phi) is 3.54. The molecule has 0 spiro atoms. The van der Waals surface area contributed by atoms with Gasteiger partial charge in [-0.25, -0.2) is 9.50 Å². The average molecular weight is 294 g/mol. The van der Waals surface area contributed by atoms with Gasteiger partial charge in [0.2, 0.25) is 0 Å². The molecule has 0 aromatic carbocycles. The third-order valence-electron chi connectivity index (χ3n) is 3.97. The van der Waals surface area contributed by atoms with Crippen LogP contribution in [0.5, 0.6) is 0 Å². The van der Waals surface area contributed by atoms with Crippen molar-refractivity contribution in [3.63, 3.8) is 0 Å². The minimum absolute atomic E-state index is 0.232. The van der Waals surface area contributed by atoms with Gasteiger partial charge in [0.15, 0.2) is 5.65 Å². The summed E-state index contributed by atoms with van der Waals surface area (Å²) < 4.78 is 1.90. The first-order valence-corrected chi connectivity index (χ1v) is 7.61. The first kappa shape index (κ1) is 13.4. The van der Waals surface area contributed by atoms with Gasteiger partial charge in [0.25, 0.3) is 0 Å². The maximum atomic E-state index is 4.80. The van der Waals surface area contributed by atoms with E-state index in [0.29, 0.717) is 0 Å². The van der Waals surface area contributed by atoms with Crippen LogP contribution < -0.4 is 10.6 Å². The van der Waals surface area contributed by atoms with Crippen molar-refractivity contribution in [3.05, 3.63) is 48.5 Å². The van der Waals surface area contributed by atoms with Crippen LogP contribution in [0.4, 0.5) is 0 Å². The highest BCUT2D eigenvalue weighted by Crippen LogP contribution is 2.20. The summed E-state index contributed by atoms with van der Waals surface area (Å²) in [5.41, 5.74) is 3.87. The van der Waals surface area contributed by atoms with Crippen LogP contribution in [0.2, 0.25) is 0 Å². The van der Waals surface area contributed by atoms with Crippen LogP contribution in [0, 0.1) is 0 Å². The Labute approximate surface area is 128 Å². The zero-order chi connectivity index (χ0) is 14.8. The number of hydrogen-bond donors (Lipinski definition) is 2. The van der Waals surface area contributed by atoms with E-state index in [1.165, 1.54) is 0 Å². The van der Waals surface area contributed by atoms with E-state index in [-0.39, 0.29) is 6.04 Å². The molecule has 1 aliphatic heterocycles. The molecule has 6 heteroatoms. The minimum Gasteiger partial charge on any atom is -0.315 e. The van der Waals surface area contributed by atoms with E-state index in [1.54, 1.807) is 6.20 Å². The Balaban J connectivity index is 1.76. The zero-order valence-electron chi connectivity index (χ0n) is 12.2. The number of nitrogens with one attached hydrogen (secondary N) is 2. The SMILES string of the molecule is c1cncc(-c2cnc3ccc(C4CNCCCN4)nn23)c1. The number of nitrogens with zero attached hydrogens (tertiary/aromatic N) is 4. The highest BCUT2D eigenvalue weighted by molar-refractivity contribution is 5.61. The molecule has 6 nitrogen and oxygen atoms in total. The molecule has 22 heavy (non-hydrogen) atoms. The van der Waals surface area contributed by atoms with Gasteiger partial charge in [-0.3, -0.25) is 4.98 Å². The van der Waals surface area contributed by atoms with Gasteiger partial charge < -0.3 is 10.6 Å². The molecule has 4 heterocycles. The van der Waals surface area contributed by atoms with Crippen LogP contribution >= 0.6 is 0 Å². The van der Waals surface area contributed by atoms with Crippen LogP contribution in [0.15, 0.2) is 42.9 Å². The van der Waals surface area contributed by atoms with Gasteiger partial charge in [0.1, 0.15) is 0 Å². The first-order valence-electron chi connectivity index (χ1n) is 7.61. The monoisotopic (exact) mass is 294 g/mol. The van der Waals surface area contributed by atoms with Gasteiger partial charge in [-0.05, 0) is 43.8 Å². The Hall–Kier alpha value is -2.31. The predicted octanol–water partition coefficient (Wildman–Crippen LogP) is 1.42. The molecule has 1 fully saturated rings. The number of imidazole rings is 1. The molecule has 0 saturated carbocycles. The van der Waals surface area contributed by atoms with Gasteiger partial charge in [0, 0.05) is 24.5 Å². The molecular weight excluding hydrogens is 276 g/mol. The Morgan fingerprint density at radius 3 is 3.05 bits per heavy atom. The summed E-state index contributed by atoms with van der Waals surface area (Å²) in [6.07, 6.45) is 6.60. The van der Waals surface area contributed by atoms with Crippen molar-refractivity contribution in [2.45, 2.75) is 12.5 Å². The fraction of sp³-hybridized carbons (Fsp3) is 0.312. The number of pyridine rings is 1. The van der Waals surface area contributed by atoms with Gasteiger partial charge in [-0.15, -0.1) is 0 Å². The van der Waals surface area contributed by atoms with Crippen LogP contribution in [0.25, 0.3) is 16.9 Å². The summed E-state index contributed by atoms with van der Waals surface area (Å²) in [6.45, 7) is 2.96. The first-order chi connectivity index (χ1) is 10.9. The number of aromatic nitrogens is 4. The molecule has 3 aromatic rings. The lowest BCUT2D eigenvalue weighted by atomic mass is 10.2. The van der Waals surface area contributed by atoms with Gasteiger partial charge in [-0.2, -0.15) is 5.10 Å². The summed E-state index contributed by atoms with van der Waals surface area (Å²) in [5.74, 6) is 0. The van der Waals surface area contributed by atoms with E-state index in [1.807, 2.05) is 35.1 Å². The fourth-order valence-corrected chi connectivity index (χ4v) is 2.80. The second-order valence-corrected chi connectivity index (χ2v) is 5.48. The van der Waals surface area contributed by atoms with Gasteiger partial charge in [0.05, 0.1) is 23.6 Å². The van der Waals surface area contributed by atoms with Crippen molar-refractivity contribution in [2.75, 3.05) is 19.6 Å². The normalized spacial score (nSPS) is 19.2. The Morgan fingerprint density at radius 2 is 2.14 bits per heavy atom. The highest BCUT2D eigenvalue weighted by Gasteiger charge is 2.16. The average Bonchev–Trinajstić information content (AvgIpc) is 2.80. The topological polar surface area (TPSA) is 67.1 Å². The second-order valence-electron chi connectivity index (χ2n) is 5.48. The highest BCUT2D eigenvalue weighted by atomic mass is 15.3. The molecule has 3 aromatic heterocycles. The largest absolute Gasteiger partial charge is 0.315 e. The van der Waals surface area contributed by atoms with Crippen molar-refractivity contribution in [3.8, 4) is 11.3 Å². The van der Waals surface area contributed by atoms with Crippen molar-refractivity contribution in [1.82, 2.24) is 30.2 Å². The molecule has 0 aliphatic carbocycles. The van der Waals surface area contributed by atoms with Crippen LogP contribution in [-0.4, -0.2) is 39.2 Å². The molecule has 0 bridgehead atoms. The molecular formula is C16H18N6. The van der Waals surface area contributed by atoms with E-state index in [9.17, 15) is 0 Å². The Morgan fingerprint density at radius 1 is 1.14 bits per heavy atom. The summed E-state index contributed by atoms with van der Waals surface area (Å²) in [5, 5.41) is 11.8. The fourth-order valence-electron chi connectivity index (χ4n) is 2.80. The summed E-state index contributed by atoms with van der Waals surface area (Å²) >= 11 is 0. The van der Waals surface area contributed by atoms with E-state index >= 15 is 0 Å². The van der Waals surface area contributed by atoms with Gasteiger partial charge in [-0.1, -0.05) is 0 Å². The number of fused-ring (bicyclic) bond motifs is 1. The van der Waals surface area contributed by atoms with E-state index in [0.717, 1.165) is 48.7 Å². The maximum absolute atomic E-state index is 4.80. The molecule has 1 atom stereocenters. The minimum atomic E-state index is 0.232. The lowest BCUT2D eigenvalue weighted by molar-refractivity contribution is 0.531. The van der Waals surface area contributed by atoms with E-state index in [4.69, 9.17) is 5.10 Å². The number of rotatable bonds is 2. The zero-order valence-corrected chi connectivity index (χ0v) is 12.2. The van der Waals surface area contributed by atoms with Crippen molar-refractivity contribution < 1.29 is 0 Å². The lowest BCUT2D eigenvalue weighted by Crippen LogP contribution is -2.28. The maximum Gasteiger partial charge on any atom is 0.154 e. The standard InChI is InChI=1S/C16H18N6/c1-3-12(9-17-6-1)15-11-20-16-5-4-13(21-22(15)16)14-10-18-7-2-8-19-14/h1,3-6,9,11,14,18-19H,2,7-8,10H2. The Bertz CT molecular complexity index is 759. The third-order valence-corrected chi connectivity index (χ3v) is 3.97. The third kappa shape index (κ3) is 2.47. The van der Waals surface area contributed by atoms with E-state index in [2.05, 4.69) is 26.7 Å². The van der Waals surface area contributed by atoms with Crippen molar-refractivity contribution >= 4 is 5.65 Å².